The van der Waals surface area contributed by atoms with Crippen molar-refractivity contribution in [2.75, 3.05) is 0 Å². The number of hydrogen-bond donors (Lipinski definition) is 0. The van der Waals surface area contributed by atoms with E-state index in [4.69, 9.17) is 23.8 Å². The molecule has 0 fully saturated rings. The molecule has 5 heteroatoms. The van der Waals surface area contributed by atoms with Crippen LogP contribution in [0, 0.1) is 6.92 Å². The summed E-state index contributed by atoms with van der Waals surface area (Å²) in [5.41, 5.74) is 12.4. The first kappa shape index (κ1) is 33.9. The average Bonchev–Trinajstić information content (AvgIpc) is 3.86. The lowest BCUT2D eigenvalue weighted by Crippen LogP contribution is -2.03. The Bertz CT molecular complexity index is 3280. The number of aryl methyl sites for hydroxylation is 2. The lowest BCUT2D eigenvalue weighted by molar-refractivity contribution is 0.547. The van der Waals surface area contributed by atoms with Gasteiger partial charge in [-0.2, -0.15) is 0 Å². The van der Waals surface area contributed by atoms with Gasteiger partial charge >= 0.3 is 0 Å². The Hall–Kier alpha value is -7.37. The van der Waals surface area contributed by atoms with Crippen molar-refractivity contribution in [3.8, 4) is 45.0 Å². The summed E-state index contributed by atoms with van der Waals surface area (Å²) < 4.78 is 13.2. The lowest BCUT2D eigenvalue weighted by atomic mass is 9.89. The molecule has 0 amide bonds. The van der Waals surface area contributed by atoms with Gasteiger partial charge in [0.15, 0.2) is 11.6 Å². The first-order valence-corrected chi connectivity index (χ1v) is 19.9. The number of rotatable bonds is 7. The van der Waals surface area contributed by atoms with Crippen molar-refractivity contribution in [3.63, 3.8) is 0 Å². The molecule has 0 saturated heterocycles. The largest absolute Gasteiger partial charge is 0.460 e. The number of fused-ring (bicyclic) bond motifs is 7. The van der Waals surface area contributed by atoms with Gasteiger partial charge in [0.05, 0.1) is 5.56 Å². The second kappa shape index (κ2) is 14.0. The minimum Gasteiger partial charge on any atom is -0.460 e. The van der Waals surface area contributed by atoms with Gasteiger partial charge in [0.1, 0.15) is 28.3 Å². The molecule has 3 heterocycles. The Morgan fingerprint density at radius 3 is 2.10 bits per heavy atom. The fraction of sp³-hybridized carbons (Fsp3) is 0.0755. The summed E-state index contributed by atoms with van der Waals surface area (Å²) in [4.78, 5) is 15.5. The third kappa shape index (κ3) is 5.74. The molecule has 0 spiro atoms. The molecule has 11 rings (SSSR count). The molecule has 1 aliphatic carbocycles. The van der Waals surface area contributed by atoms with Crippen LogP contribution in [-0.4, -0.2) is 15.0 Å². The van der Waals surface area contributed by atoms with E-state index in [9.17, 15) is 0 Å². The molecule has 3 aromatic heterocycles. The average molecular weight is 748 g/mol. The molecule has 0 bridgehead atoms. The zero-order valence-electron chi connectivity index (χ0n) is 31.9. The van der Waals surface area contributed by atoms with Crippen molar-refractivity contribution >= 4 is 55.8 Å². The summed E-state index contributed by atoms with van der Waals surface area (Å²) in [6, 6.07) is 50.7. The Morgan fingerprint density at radius 2 is 1.24 bits per heavy atom. The van der Waals surface area contributed by atoms with Crippen molar-refractivity contribution in [1.29, 1.82) is 0 Å². The van der Waals surface area contributed by atoms with Crippen LogP contribution >= 0.6 is 0 Å². The van der Waals surface area contributed by atoms with Gasteiger partial charge in [-0.05, 0) is 76.2 Å². The zero-order valence-corrected chi connectivity index (χ0v) is 31.9. The van der Waals surface area contributed by atoms with Crippen LogP contribution in [0.2, 0.25) is 0 Å². The maximum absolute atomic E-state index is 6.74. The monoisotopic (exact) mass is 747 g/mol. The van der Waals surface area contributed by atoms with E-state index in [1.807, 2.05) is 24.3 Å². The van der Waals surface area contributed by atoms with E-state index in [0.29, 0.717) is 23.9 Å². The number of nitrogens with zero attached hydrogens (tertiary/aromatic N) is 3. The van der Waals surface area contributed by atoms with Crippen LogP contribution in [0.5, 0.6) is 0 Å². The molecule has 58 heavy (non-hydrogen) atoms. The predicted molar refractivity (Wildman–Crippen MR) is 237 cm³/mol. The number of allylic oxidation sites excluding steroid dienone is 2. The van der Waals surface area contributed by atoms with E-state index in [-0.39, 0.29) is 0 Å². The highest BCUT2D eigenvalue weighted by molar-refractivity contribution is 6.13. The van der Waals surface area contributed by atoms with Crippen LogP contribution in [0.3, 0.4) is 0 Å². The summed E-state index contributed by atoms with van der Waals surface area (Å²) in [5.74, 6) is 2.93. The van der Waals surface area contributed by atoms with Crippen LogP contribution in [0.15, 0.2) is 167 Å². The highest BCUT2D eigenvalue weighted by Gasteiger charge is 2.24. The van der Waals surface area contributed by atoms with Gasteiger partial charge in [0.2, 0.25) is 0 Å². The van der Waals surface area contributed by atoms with Crippen molar-refractivity contribution in [2.45, 2.75) is 26.2 Å². The summed E-state index contributed by atoms with van der Waals surface area (Å²) in [5, 5.41) is 5.43. The fourth-order valence-electron chi connectivity index (χ4n) is 8.59. The van der Waals surface area contributed by atoms with Gasteiger partial charge in [-0.15, -0.1) is 0 Å². The summed E-state index contributed by atoms with van der Waals surface area (Å²) in [6.45, 7) is 2.13. The first-order chi connectivity index (χ1) is 28.7. The summed E-state index contributed by atoms with van der Waals surface area (Å²) >= 11 is 0. The molecule has 276 valence electrons. The van der Waals surface area contributed by atoms with Gasteiger partial charge in [0, 0.05) is 45.7 Å². The number of hydrogen-bond acceptors (Lipinski definition) is 5. The SMILES string of the molecule is Cc1ccccc1/C=C\Cc1nc(-c2ccc(-c3ccc(-c4ccccc4)c4oc5c(c34)C=CCC5)c3ccccc23)nc(-c2cccc3c2oc2ccccc23)n1. The van der Waals surface area contributed by atoms with Crippen molar-refractivity contribution in [3.05, 3.63) is 186 Å². The smallest absolute Gasteiger partial charge is 0.167 e. The molecule has 0 N–H and O–H groups in total. The van der Waals surface area contributed by atoms with E-state index in [1.54, 1.807) is 0 Å². The van der Waals surface area contributed by atoms with Gasteiger partial charge in [-0.25, -0.2) is 15.0 Å². The molecule has 5 nitrogen and oxygen atoms in total. The van der Waals surface area contributed by atoms with E-state index in [0.717, 1.165) is 95.7 Å². The standard InChI is InChI=1S/C53H37N3O2/c1-33-15-5-6-16-34(33)19-13-28-48-54-52(56-53(55-48)45-25-14-24-42-40-22-9-11-26-46(40)57-50(42)45)43-32-30-39(37-20-7-8-21-38(37)43)41-31-29-36(35-17-3-2-4-18-35)51-49(41)44-23-10-12-27-47(44)58-51/h2-11,13-26,29-32H,12,27-28H2,1H3/b19-13-. The minimum atomic E-state index is 0.536. The van der Waals surface area contributed by atoms with Gasteiger partial charge in [0.25, 0.3) is 0 Å². The topological polar surface area (TPSA) is 65.0 Å². The maximum atomic E-state index is 6.74. The highest BCUT2D eigenvalue weighted by Crippen LogP contribution is 2.45. The maximum Gasteiger partial charge on any atom is 0.167 e. The Morgan fingerprint density at radius 1 is 0.552 bits per heavy atom. The normalized spacial score (nSPS) is 12.7. The molecular formula is C53H37N3O2. The van der Waals surface area contributed by atoms with Crippen LogP contribution in [0.1, 0.15) is 34.7 Å². The molecule has 0 atom stereocenters. The second-order valence-electron chi connectivity index (χ2n) is 15.0. The van der Waals surface area contributed by atoms with Crippen LogP contribution in [-0.2, 0) is 12.8 Å². The molecular weight excluding hydrogens is 711 g/mol. The zero-order chi connectivity index (χ0) is 38.6. The predicted octanol–water partition coefficient (Wildman–Crippen LogP) is 13.9. The number of para-hydroxylation sites is 2. The summed E-state index contributed by atoms with van der Waals surface area (Å²) in [6.07, 6.45) is 11.2. The van der Waals surface area contributed by atoms with Gasteiger partial charge in [-0.1, -0.05) is 146 Å². The summed E-state index contributed by atoms with van der Waals surface area (Å²) in [7, 11) is 0. The third-order valence-corrected chi connectivity index (χ3v) is 11.4. The Kier molecular flexibility index (Phi) is 8.18. The van der Waals surface area contributed by atoms with Crippen LogP contribution in [0.4, 0.5) is 0 Å². The van der Waals surface area contributed by atoms with E-state index >= 15 is 0 Å². The van der Waals surface area contributed by atoms with E-state index in [2.05, 4.69) is 153 Å². The van der Waals surface area contributed by atoms with E-state index in [1.165, 1.54) is 16.7 Å². The Balaban J connectivity index is 1.10. The molecule has 0 unspecified atom stereocenters. The molecule has 7 aromatic carbocycles. The minimum absolute atomic E-state index is 0.536. The van der Waals surface area contributed by atoms with E-state index < -0.39 is 0 Å². The molecule has 0 aliphatic heterocycles. The van der Waals surface area contributed by atoms with Crippen LogP contribution < -0.4 is 0 Å². The van der Waals surface area contributed by atoms with Crippen molar-refractivity contribution in [2.24, 2.45) is 0 Å². The molecule has 1 aliphatic rings. The lowest BCUT2D eigenvalue weighted by Gasteiger charge is -2.15. The quantitative estimate of drug-likeness (QED) is 0.162. The number of furan rings is 2. The molecule has 0 radical (unpaired) electrons. The highest BCUT2D eigenvalue weighted by atomic mass is 16.3. The second-order valence-corrected chi connectivity index (χ2v) is 15.0. The van der Waals surface area contributed by atoms with Gasteiger partial charge < -0.3 is 8.83 Å². The number of benzene rings is 7. The van der Waals surface area contributed by atoms with Crippen LogP contribution in [0.25, 0.3) is 101 Å². The fourth-order valence-corrected chi connectivity index (χ4v) is 8.59. The molecule has 10 aromatic rings. The van der Waals surface area contributed by atoms with Crippen molar-refractivity contribution < 1.29 is 8.83 Å². The molecule has 0 saturated carbocycles. The van der Waals surface area contributed by atoms with Gasteiger partial charge in [-0.3, -0.25) is 0 Å². The number of aromatic nitrogens is 3. The first-order valence-electron chi connectivity index (χ1n) is 19.9. The Labute approximate surface area is 335 Å². The third-order valence-electron chi connectivity index (χ3n) is 11.4. The van der Waals surface area contributed by atoms with Crippen molar-refractivity contribution in [1.82, 2.24) is 15.0 Å².